The van der Waals surface area contributed by atoms with Gasteiger partial charge in [0, 0.05) is 6.54 Å². The van der Waals surface area contributed by atoms with Crippen LogP contribution in [0.4, 0.5) is 8.78 Å². The number of halogens is 2. The maximum atomic E-state index is 13.5. The van der Waals surface area contributed by atoms with E-state index in [0.29, 0.717) is 10.7 Å². The lowest BCUT2D eigenvalue weighted by Gasteiger charge is -2.26. The van der Waals surface area contributed by atoms with Gasteiger partial charge in [0.15, 0.2) is 5.25 Å². The molecule has 9 heteroatoms. The van der Waals surface area contributed by atoms with Crippen LogP contribution in [0.3, 0.4) is 0 Å². The maximum absolute atomic E-state index is 13.5. The maximum Gasteiger partial charge on any atom is 0.325 e. The Kier molecular flexibility index (Phi) is 6.48. The molecule has 1 aliphatic rings. The van der Waals surface area contributed by atoms with E-state index >= 15 is 0 Å². The van der Waals surface area contributed by atoms with Crippen LogP contribution in [0, 0.1) is 0 Å². The molecule has 1 rings (SSSR count). The standard InChI is InChI=1S/C12H21F2NO5S/c1-3-5-10(11(16)20-4-2)21(17,18)15-6-7-19-9-12(13,14)8-15/h10H,3-9H2,1-2H3/t10-/m1/s1. The van der Waals surface area contributed by atoms with Gasteiger partial charge in [-0.15, -0.1) is 0 Å². The van der Waals surface area contributed by atoms with Gasteiger partial charge < -0.3 is 9.47 Å². The summed E-state index contributed by atoms with van der Waals surface area (Å²) < 4.78 is 62.0. The molecule has 21 heavy (non-hydrogen) atoms. The van der Waals surface area contributed by atoms with Crippen molar-refractivity contribution in [3.63, 3.8) is 0 Å². The minimum absolute atomic E-state index is 0.0318. The Hall–Kier alpha value is -0.800. The molecule has 0 aliphatic carbocycles. The van der Waals surface area contributed by atoms with Crippen molar-refractivity contribution < 1.29 is 31.5 Å². The fraction of sp³-hybridized carbons (Fsp3) is 0.917. The minimum Gasteiger partial charge on any atom is -0.465 e. The van der Waals surface area contributed by atoms with E-state index < -0.39 is 40.3 Å². The van der Waals surface area contributed by atoms with E-state index in [4.69, 9.17) is 9.47 Å². The van der Waals surface area contributed by atoms with E-state index in [1.54, 1.807) is 13.8 Å². The number of hydrogen-bond acceptors (Lipinski definition) is 5. The first-order valence-corrected chi connectivity index (χ1v) is 8.36. The van der Waals surface area contributed by atoms with Crippen LogP contribution in [0.5, 0.6) is 0 Å². The topological polar surface area (TPSA) is 72.9 Å². The SMILES string of the molecule is CCC[C@H](C(=O)OCC)S(=O)(=O)N1CCOCC(F)(F)C1. The van der Waals surface area contributed by atoms with Crippen LogP contribution in [-0.2, 0) is 24.3 Å². The molecule has 0 saturated carbocycles. The van der Waals surface area contributed by atoms with Crippen molar-refractivity contribution in [3.05, 3.63) is 0 Å². The molecule has 6 nitrogen and oxygen atoms in total. The lowest BCUT2D eigenvalue weighted by molar-refractivity contribution is -0.142. The third kappa shape index (κ3) is 4.86. The number of hydrogen-bond donors (Lipinski definition) is 0. The molecule has 0 N–H and O–H groups in total. The molecule has 0 spiro atoms. The molecule has 1 heterocycles. The Bertz CT molecular complexity index is 455. The Labute approximate surface area is 123 Å². The zero-order chi connectivity index (χ0) is 16.1. The summed E-state index contributed by atoms with van der Waals surface area (Å²) in [4.78, 5) is 11.8. The van der Waals surface area contributed by atoms with Crippen LogP contribution in [-0.4, -0.2) is 62.8 Å². The minimum atomic E-state index is -4.20. The van der Waals surface area contributed by atoms with Gasteiger partial charge in [-0.25, -0.2) is 17.2 Å². The molecule has 0 unspecified atom stereocenters. The third-order valence-corrected chi connectivity index (χ3v) is 5.20. The van der Waals surface area contributed by atoms with E-state index in [9.17, 15) is 22.0 Å². The number of carbonyl (C=O) groups is 1. The average molecular weight is 329 g/mol. The Morgan fingerprint density at radius 2 is 2.10 bits per heavy atom. The van der Waals surface area contributed by atoms with Crippen molar-refractivity contribution in [1.82, 2.24) is 4.31 Å². The number of carbonyl (C=O) groups excluding carboxylic acids is 1. The van der Waals surface area contributed by atoms with Crippen LogP contribution in [0.15, 0.2) is 0 Å². The molecule has 1 aliphatic heterocycles. The van der Waals surface area contributed by atoms with Gasteiger partial charge in [0.2, 0.25) is 10.0 Å². The monoisotopic (exact) mass is 329 g/mol. The summed E-state index contributed by atoms with van der Waals surface area (Å²) in [6, 6.07) is 0. The van der Waals surface area contributed by atoms with Gasteiger partial charge in [-0.3, -0.25) is 4.79 Å². The number of sulfonamides is 1. The Morgan fingerprint density at radius 3 is 2.67 bits per heavy atom. The van der Waals surface area contributed by atoms with Crippen molar-refractivity contribution in [2.24, 2.45) is 0 Å². The van der Waals surface area contributed by atoms with Crippen molar-refractivity contribution in [2.75, 3.05) is 32.9 Å². The van der Waals surface area contributed by atoms with Crippen LogP contribution in [0.25, 0.3) is 0 Å². The normalized spacial score (nSPS) is 21.5. The van der Waals surface area contributed by atoms with Gasteiger partial charge in [-0.2, -0.15) is 4.31 Å². The molecule has 0 aromatic carbocycles. The van der Waals surface area contributed by atoms with E-state index in [0.717, 1.165) is 0 Å². The lowest BCUT2D eigenvalue weighted by Crippen LogP contribution is -2.48. The second-order valence-electron chi connectivity index (χ2n) is 4.82. The number of ether oxygens (including phenoxy) is 2. The first kappa shape index (κ1) is 18.2. The highest BCUT2D eigenvalue weighted by Gasteiger charge is 2.44. The van der Waals surface area contributed by atoms with Gasteiger partial charge in [-0.1, -0.05) is 13.3 Å². The van der Waals surface area contributed by atoms with Crippen molar-refractivity contribution in [3.8, 4) is 0 Å². The number of nitrogens with zero attached hydrogens (tertiary/aromatic N) is 1. The fourth-order valence-electron chi connectivity index (χ4n) is 2.05. The summed E-state index contributed by atoms with van der Waals surface area (Å²) in [6.45, 7) is 1.18. The van der Waals surface area contributed by atoms with Crippen LogP contribution in [0.2, 0.25) is 0 Å². The first-order valence-electron chi connectivity index (χ1n) is 6.85. The summed E-state index contributed by atoms with van der Waals surface area (Å²) in [7, 11) is -4.20. The second kappa shape index (κ2) is 7.46. The smallest absolute Gasteiger partial charge is 0.325 e. The highest BCUT2D eigenvalue weighted by atomic mass is 32.2. The summed E-state index contributed by atoms with van der Waals surface area (Å²) in [6.07, 6.45) is 0.452. The third-order valence-electron chi connectivity index (χ3n) is 3.03. The van der Waals surface area contributed by atoms with Gasteiger partial charge in [-0.05, 0) is 13.3 Å². The van der Waals surface area contributed by atoms with E-state index in [2.05, 4.69) is 0 Å². The predicted octanol–water partition coefficient (Wildman–Crippen LogP) is 1.02. The molecule has 0 aromatic heterocycles. The molecular weight excluding hydrogens is 308 g/mol. The van der Waals surface area contributed by atoms with Crippen molar-refractivity contribution in [2.45, 2.75) is 37.9 Å². The zero-order valence-electron chi connectivity index (χ0n) is 12.2. The van der Waals surface area contributed by atoms with Crippen LogP contribution >= 0.6 is 0 Å². The molecule has 0 bridgehead atoms. The van der Waals surface area contributed by atoms with E-state index in [1.165, 1.54) is 0 Å². The molecule has 1 fully saturated rings. The Morgan fingerprint density at radius 1 is 1.43 bits per heavy atom. The summed E-state index contributed by atoms with van der Waals surface area (Å²) in [5.41, 5.74) is 0. The molecule has 0 aromatic rings. The first-order chi connectivity index (χ1) is 9.74. The van der Waals surface area contributed by atoms with Crippen LogP contribution < -0.4 is 0 Å². The zero-order valence-corrected chi connectivity index (χ0v) is 13.0. The predicted molar refractivity (Wildman–Crippen MR) is 71.6 cm³/mol. The fourth-order valence-corrected chi connectivity index (χ4v) is 3.96. The second-order valence-corrected chi connectivity index (χ2v) is 6.93. The number of esters is 1. The molecule has 124 valence electrons. The number of rotatable bonds is 6. The van der Waals surface area contributed by atoms with Crippen LogP contribution in [0.1, 0.15) is 26.7 Å². The van der Waals surface area contributed by atoms with E-state index in [1.807, 2.05) is 0 Å². The van der Waals surface area contributed by atoms with Crippen molar-refractivity contribution >= 4 is 16.0 Å². The summed E-state index contributed by atoms with van der Waals surface area (Å²) >= 11 is 0. The highest BCUT2D eigenvalue weighted by molar-refractivity contribution is 7.90. The average Bonchev–Trinajstić information content (AvgIpc) is 2.57. The van der Waals surface area contributed by atoms with Gasteiger partial charge in [0.1, 0.15) is 6.61 Å². The molecular formula is C12H21F2NO5S. The van der Waals surface area contributed by atoms with E-state index in [-0.39, 0.29) is 26.2 Å². The largest absolute Gasteiger partial charge is 0.465 e. The molecule has 0 amide bonds. The lowest BCUT2D eigenvalue weighted by atomic mass is 10.2. The summed E-state index contributed by atoms with van der Waals surface area (Å²) in [5, 5.41) is -1.45. The van der Waals surface area contributed by atoms with Gasteiger partial charge >= 0.3 is 5.97 Å². The van der Waals surface area contributed by atoms with Gasteiger partial charge in [0.25, 0.3) is 5.92 Å². The summed E-state index contributed by atoms with van der Waals surface area (Å²) in [5.74, 6) is -4.16. The highest BCUT2D eigenvalue weighted by Crippen LogP contribution is 2.24. The molecule has 0 radical (unpaired) electrons. The molecule has 1 atom stereocenters. The molecule has 1 saturated heterocycles. The van der Waals surface area contributed by atoms with Gasteiger partial charge in [0.05, 0.1) is 19.8 Å². The quantitative estimate of drug-likeness (QED) is 0.680. The Balaban J connectivity index is 3.00. The van der Waals surface area contributed by atoms with Crippen molar-refractivity contribution in [1.29, 1.82) is 0 Å². The number of alkyl halides is 2.